The van der Waals surface area contributed by atoms with E-state index in [1.54, 1.807) is 11.3 Å². The third-order valence-corrected chi connectivity index (χ3v) is 3.78. The normalized spacial score (nSPS) is 13.9. The Labute approximate surface area is 114 Å². The van der Waals surface area contributed by atoms with Crippen LogP contribution in [0.1, 0.15) is 21.7 Å². The van der Waals surface area contributed by atoms with Crippen LogP contribution in [0.3, 0.4) is 0 Å². The zero-order valence-corrected chi connectivity index (χ0v) is 11.3. The van der Waals surface area contributed by atoms with Crippen molar-refractivity contribution in [2.75, 3.05) is 13.7 Å². The molecule has 3 rings (SSSR count). The second-order valence-electron chi connectivity index (χ2n) is 4.25. The Hall–Kier alpha value is -1.79. The van der Waals surface area contributed by atoms with E-state index in [2.05, 4.69) is 15.3 Å². The number of nitrogens with zero attached hydrogens (tertiary/aromatic N) is 2. The van der Waals surface area contributed by atoms with E-state index in [4.69, 9.17) is 4.74 Å². The van der Waals surface area contributed by atoms with Crippen molar-refractivity contribution in [3.05, 3.63) is 33.8 Å². The summed E-state index contributed by atoms with van der Waals surface area (Å²) in [5.74, 6) is 0.195. The van der Waals surface area contributed by atoms with Crippen LogP contribution >= 0.6 is 11.3 Å². The first-order valence-electron chi connectivity index (χ1n) is 6.01. The van der Waals surface area contributed by atoms with Gasteiger partial charge in [-0.25, -0.2) is 14.8 Å². The number of carbonyl (C=O) groups excluding carboxylic acids is 1. The summed E-state index contributed by atoms with van der Waals surface area (Å²) in [4.78, 5) is 20.8. The molecule has 1 aliphatic rings. The summed E-state index contributed by atoms with van der Waals surface area (Å²) in [5.41, 5.74) is 3.13. The van der Waals surface area contributed by atoms with Gasteiger partial charge in [0.1, 0.15) is 0 Å². The summed E-state index contributed by atoms with van der Waals surface area (Å²) < 4.78 is 4.83. The van der Waals surface area contributed by atoms with E-state index < -0.39 is 5.97 Å². The van der Waals surface area contributed by atoms with Gasteiger partial charge in [-0.15, -0.1) is 0 Å². The van der Waals surface area contributed by atoms with Crippen molar-refractivity contribution in [1.82, 2.24) is 15.3 Å². The lowest BCUT2D eigenvalue weighted by molar-refractivity contribution is 0.0592. The lowest BCUT2D eigenvalue weighted by atomic mass is 10.0. The van der Waals surface area contributed by atoms with Gasteiger partial charge in [-0.3, -0.25) is 0 Å². The first-order chi connectivity index (χ1) is 9.29. The molecule has 0 aromatic carbocycles. The first-order valence-corrected chi connectivity index (χ1v) is 6.95. The number of hydrogen-bond acceptors (Lipinski definition) is 6. The number of carbonyl (C=O) groups is 1. The number of aromatic nitrogens is 2. The molecule has 0 spiro atoms. The molecule has 0 aliphatic carbocycles. The third kappa shape index (κ3) is 2.24. The van der Waals surface area contributed by atoms with Crippen molar-refractivity contribution in [2.24, 2.45) is 0 Å². The molecule has 1 N–H and O–H groups in total. The molecule has 1 aliphatic heterocycles. The van der Waals surface area contributed by atoms with Crippen LogP contribution in [0.5, 0.6) is 0 Å². The van der Waals surface area contributed by atoms with E-state index in [0.717, 1.165) is 29.8 Å². The van der Waals surface area contributed by atoms with E-state index in [-0.39, 0.29) is 0 Å². The average Bonchev–Trinajstić information content (AvgIpc) is 2.99. The SMILES string of the molecule is COC(=O)c1nc(-c2ccsc2)nc2c1CCNC2. The molecule has 0 unspecified atom stereocenters. The molecule has 2 aromatic rings. The Kier molecular flexibility index (Phi) is 3.27. The van der Waals surface area contributed by atoms with Crippen molar-refractivity contribution < 1.29 is 9.53 Å². The predicted octanol–water partition coefficient (Wildman–Crippen LogP) is 1.64. The van der Waals surface area contributed by atoms with Crippen LogP contribution in [0.2, 0.25) is 0 Å². The van der Waals surface area contributed by atoms with Gasteiger partial charge >= 0.3 is 5.97 Å². The lowest BCUT2D eigenvalue weighted by Gasteiger charge is -2.18. The maximum Gasteiger partial charge on any atom is 0.357 e. The number of rotatable bonds is 2. The van der Waals surface area contributed by atoms with Gasteiger partial charge in [0.15, 0.2) is 11.5 Å². The second kappa shape index (κ2) is 5.07. The number of hydrogen-bond donors (Lipinski definition) is 1. The van der Waals surface area contributed by atoms with Crippen LogP contribution in [-0.4, -0.2) is 29.6 Å². The number of fused-ring (bicyclic) bond motifs is 1. The second-order valence-corrected chi connectivity index (χ2v) is 5.03. The van der Waals surface area contributed by atoms with Crippen molar-refractivity contribution in [3.63, 3.8) is 0 Å². The molecule has 19 heavy (non-hydrogen) atoms. The molecule has 0 bridgehead atoms. The molecule has 6 heteroatoms. The van der Waals surface area contributed by atoms with Crippen LogP contribution < -0.4 is 5.32 Å². The molecule has 3 heterocycles. The topological polar surface area (TPSA) is 64.1 Å². The van der Waals surface area contributed by atoms with Gasteiger partial charge in [-0.2, -0.15) is 11.3 Å². The van der Waals surface area contributed by atoms with Crippen LogP contribution in [0.25, 0.3) is 11.4 Å². The van der Waals surface area contributed by atoms with E-state index in [9.17, 15) is 4.79 Å². The summed E-state index contributed by atoms with van der Waals surface area (Å²) in [6, 6.07) is 1.95. The quantitative estimate of drug-likeness (QED) is 0.844. The van der Waals surface area contributed by atoms with Gasteiger partial charge in [0.2, 0.25) is 0 Å². The van der Waals surface area contributed by atoms with Crippen molar-refractivity contribution in [1.29, 1.82) is 0 Å². The van der Waals surface area contributed by atoms with Gasteiger partial charge < -0.3 is 10.1 Å². The van der Waals surface area contributed by atoms with Gasteiger partial charge in [0, 0.05) is 23.1 Å². The average molecular weight is 275 g/mol. The Morgan fingerprint density at radius 1 is 1.47 bits per heavy atom. The monoisotopic (exact) mass is 275 g/mol. The van der Waals surface area contributed by atoms with E-state index >= 15 is 0 Å². The molecule has 0 fully saturated rings. The fourth-order valence-corrected chi connectivity index (χ4v) is 2.78. The van der Waals surface area contributed by atoms with E-state index in [1.807, 2.05) is 16.8 Å². The van der Waals surface area contributed by atoms with E-state index in [1.165, 1.54) is 7.11 Å². The largest absolute Gasteiger partial charge is 0.464 e. The van der Waals surface area contributed by atoms with Crippen molar-refractivity contribution >= 4 is 17.3 Å². The summed E-state index contributed by atoms with van der Waals surface area (Å²) in [7, 11) is 1.38. The highest BCUT2D eigenvalue weighted by atomic mass is 32.1. The van der Waals surface area contributed by atoms with Crippen LogP contribution in [0, 0.1) is 0 Å². The van der Waals surface area contributed by atoms with Gasteiger partial charge in [0.05, 0.1) is 12.8 Å². The Morgan fingerprint density at radius 2 is 2.37 bits per heavy atom. The number of methoxy groups -OCH3 is 1. The summed E-state index contributed by atoms with van der Waals surface area (Å²) >= 11 is 1.58. The molecule has 5 nitrogen and oxygen atoms in total. The number of nitrogens with one attached hydrogen (secondary N) is 1. The van der Waals surface area contributed by atoms with Crippen molar-refractivity contribution in [2.45, 2.75) is 13.0 Å². The number of esters is 1. The predicted molar refractivity (Wildman–Crippen MR) is 72.1 cm³/mol. The zero-order chi connectivity index (χ0) is 13.2. The standard InChI is InChI=1S/C13H13N3O2S/c1-18-13(17)11-9-2-4-14-6-10(9)15-12(16-11)8-3-5-19-7-8/h3,5,7,14H,2,4,6H2,1H3. The Balaban J connectivity index is 2.16. The van der Waals surface area contributed by atoms with Gasteiger partial charge in [-0.05, 0) is 24.4 Å². The fourth-order valence-electron chi connectivity index (χ4n) is 2.15. The molecule has 0 radical (unpaired) electrons. The molecule has 98 valence electrons. The van der Waals surface area contributed by atoms with Crippen LogP contribution in [-0.2, 0) is 17.7 Å². The summed E-state index contributed by atoms with van der Waals surface area (Å²) in [6.45, 7) is 1.50. The van der Waals surface area contributed by atoms with Gasteiger partial charge in [0.25, 0.3) is 0 Å². The molecule has 0 saturated heterocycles. The number of thiophene rings is 1. The molecule has 0 atom stereocenters. The number of ether oxygens (including phenoxy) is 1. The lowest BCUT2D eigenvalue weighted by Crippen LogP contribution is -2.28. The van der Waals surface area contributed by atoms with E-state index in [0.29, 0.717) is 18.1 Å². The molecule has 2 aromatic heterocycles. The maximum absolute atomic E-state index is 11.9. The fraction of sp³-hybridized carbons (Fsp3) is 0.308. The highest BCUT2D eigenvalue weighted by Crippen LogP contribution is 2.23. The molecular weight excluding hydrogens is 262 g/mol. The summed E-state index contributed by atoms with van der Waals surface area (Å²) in [5, 5.41) is 7.20. The third-order valence-electron chi connectivity index (χ3n) is 3.10. The highest BCUT2D eigenvalue weighted by Gasteiger charge is 2.22. The van der Waals surface area contributed by atoms with Crippen molar-refractivity contribution in [3.8, 4) is 11.4 Å². The highest BCUT2D eigenvalue weighted by molar-refractivity contribution is 7.08. The minimum atomic E-state index is -0.392. The minimum absolute atomic E-state index is 0.392. The molecule has 0 amide bonds. The van der Waals surface area contributed by atoms with Gasteiger partial charge in [-0.1, -0.05) is 0 Å². The minimum Gasteiger partial charge on any atom is -0.464 e. The zero-order valence-electron chi connectivity index (χ0n) is 10.5. The molecule has 0 saturated carbocycles. The Morgan fingerprint density at radius 3 is 3.11 bits per heavy atom. The smallest absolute Gasteiger partial charge is 0.357 e. The Bertz CT molecular complexity index is 611. The summed E-state index contributed by atoms with van der Waals surface area (Å²) in [6.07, 6.45) is 0.754. The molecular formula is C13H13N3O2S. The maximum atomic E-state index is 11.9. The van der Waals surface area contributed by atoms with Crippen LogP contribution in [0.15, 0.2) is 16.8 Å². The van der Waals surface area contributed by atoms with Crippen LogP contribution in [0.4, 0.5) is 0 Å². The first kappa shape index (κ1) is 12.3.